The molecular weight excluding hydrogens is 252 g/mol. The van der Waals surface area contributed by atoms with E-state index in [1.54, 1.807) is 0 Å². The van der Waals surface area contributed by atoms with Crippen molar-refractivity contribution in [1.82, 2.24) is 5.32 Å². The Bertz CT molecular complexity index is 456. The fraction of sp³-hybridized carbons (Fsp3) is 0.562. The van der Waals surface area contributed by atoms with Gasteiger partial charge in [0, 0.05) is 25.1 Å². The van der Waals surface area contributed by atoms with E-state index in [0.717, 1.165) is 30.4 Å². The van der Waals surface area contributed by atoms with Crippen molar-refractivity contribution in [1.29, 1.82) is 0 Å². The number of hydrogen-bond acceptors (Lipinski definition) is 3. The Balaban J connectivity index is 1.85. The highest BCUT2D eigenvalue weighted by atomic mass is 16.5. The molecule has 1 fully saturated rings. The summed E-state index contributed by atoms with van der Waals surface area (Å²) in [6.07, 6.45) is 3.49. The lowest BCUT2D eigenvalue weighted by Crippen LogP contribution is -2.49. The van der Waals surface area contributed by atoms with E-state index < -0.39 is 0 Å². The van der Waals surface area contributed by atoms with Crippen molar-refractivity contribution in [2.75, 3.05) is 6.61 Å². The molecule has 4 heteroatoms. The van der Waals surface area contributed by atoms with Crippen LogP contribution in [0, 0.1) is 0 Å². The maximum atomic E-state index is 11.9. The van der Waals surface area contributed by atoms with E-state index in [1.807, 2.05) is 31.2 Å². The molecule has 1 aliphatic carbocycles. The molecule has 0 aliphatic heterocycles. The number of ether oxygens (including phenoxy) is 1. The lowest BCUT2D eigenvalue weighted by molar-refractivity contribution is -0.123. The summed E-state index contributed by atoms with van der Waals surface area (Å²) >= 11 is 0. The highest BCUT2D eigenvalue weighted by Gasteiger charge is 2.34. The molecule has 0 atom stereocenters. The number of nitrogens with two attached hydrogens (primary N) is 1. The zero-order valence-corrected chi connectivity index (χ0v) is 12.2. The zero-order chi connectivity index (χ0) is 14.4. The third kappa shape index (κ3) is 4.05. The molecule has 0 saturated heterocycles. The molecule has 0 bridgehead atoms. The van der Waals surface area contributed by atoms with Crippen LogP contribution in [-0.2, 0) is 22.7 Å². The Morgan fingerprint density at radius 1 is 1.35 bits per heavy atom. The van der Waals surface area contributed by atoms with Gasteiger partial charge in [-0.1, -0.05) is 24.3 Å². The number of hydrogen-bond donors (Lipinski definition) is 2. The van der Waals surface area contributed by atoms with E-state index in [4.69, 9.17) is 10.5 Å². The third-order valence-electron chi connectivity index (χ3n) is 3.92. The maximum Gasteiger partial charge on any atom is 0.222 e. The van der Waals surface area contributed by atoms with Gasteiger partial charge in [-0.2, -0.15) is 0 Å². The molecule has 1 aliphatic rings. The summed E-state index contributed by atoms with van der Waals surface area (Å²) < 4.78 is 5.44. The number of amides is 1. The Labute approximate surface area is 120 Å². The summed E-state index contributed by atoms with van der Waals surface area (Å²) in [6, 6.07) is 8.03. The van der Waals surface area contributed by atoms with Gasteiger partial charge in [-0.05, 0) is 37.3 Å². The second-order valence-corrected chi connectivity index (χ2v) is 5.58. The predicted octanol–water partition coefficient (Wildman–Crippen LogP) is 2.11. The number of benzene rings is 1. The molecule has 1 aromatic carbocycles. The third-order valence-corrected chi connectivity index (χ3v) is 3.92. The number of rotatable bonds is 7. The van der Waals surface area contributed by atoms with Crippen LogP contribution in [0.5, 0.6) is 0 Å². The first-order chi connectivity index (χ1) is 9.63. The fourth-order valence-electron chi connectivity index (χ4n) is 2.47. The van der Waals surface area contributed by atoms with Crippen LogP contribution in [0.25, 0.3) is 0 Å². The minimum atomic E-state index is -0.255. The molecule has 2 rings (SSSR count). The molecule has 1 aromatic rings. The van der Waals surface area contributed by atoms with Crippen LogP contribution >= 0.6 is 0 Å². The van der Waals surface area contributed by atoms with Gasteiger partial charge in [0.15, 0.2) is 0 Å². The van der Waals surface area contributed by atoms with E-state index >= 15 is 0 Å². The van der Waals surface area contributed by atoms with E-state index in [9.17, 15) is 4.79 Å². The van der Waals surface area contributed by atoms with Crippen molar-refractivity contribution in [3.8, 4) is 0 Å². The van der Waals surface area contributed by atoms with Crippen molar-refractivity contribution < 1.29 is 9.53 Å². The van der Waals surface area contributed by atoms with E-state index in [2.05, 4.69) is 5.32 Å². The van der Waals surface area contributed by atoms with Gasteiger partial charge in [0.1, 0.15) is 0 Å². The molecule has 3 N–H and O–H groups in total. The molecule has 4 nitrogen and oxygen atoms in total. The van der Waals surface area contributed by atoms with E-state index in [0.29, 0.717) is 26.2 Å². The Morgan fingerprint density at radius 3 is 2.65 bits per heavy atom. The second-order valence-electron chi connectivity index (χ2n) is 5.58. The fourth-order valence-corrected chi connectivity index (χ4v) is 2.47. The van der Waals surface area contributed by atoms with Crippen molar-refractivity contribution in [2.24, 2.45) is 5.73 Å². The molecule has 1 saturated carbocycles. The van der Waals surface area contributed by atoms with Crippen LogP contribution in [0.2, 0.25) is 0 Å². The molecule has 0 unspecified atom stereocenters. The molecule has 0 heterocycles. The standard InChI is InChI=1S/C16H24N2O2/c1-2-20-12-14-7-4-3-6-13(14)11-18-15(19)10-16(17)8-5-9-16/h3-4,6-7H,2,5,8-12,17H2,1H3,(H,18,19). The first-order valence-corrected chi connectivity index (χ1v) is 7.33. The van der Waals surface area contributed by atoms with Crippen LogP contribution in [-0.4, -0.2) is 18.1 Å². The van der Waals surface area contributed by atoms with Gasteiger partial charge < -0.3 is 15.8 Å². The Hall–Kier alpha value is -1.39. The molecule has 1 amide bonds. The number of carbonyl (C=O) groups is 1. The topological polar surface area (TPSA) is 64.3 Å². The molecule has 0 spiro atoms. The SMILES string of the molecule is CCOCc1ccccc1CNC(=O)CC1(N)CCC1. The average molecular weight is 276 g/mol. The lowest BCUT2D eigenvalue weighted by atomic mass is 9.75. The Kier molecular flexibility index (Phi) is 5.15. The van der Waals surface area contributed by atoms with Gasteiger partial charge in [0.05, 0.1) is 6.61 Å². The van der Waals surface area contributed by atoms with Crippen LogP contribution in [0.4, 0.5) is 0 Å². The highest BCUT2D eigenvalue weighted by molar-refractivity contribution is 5.77. The number of carbonyl (C=O) groups excluding carboxylic acids is 1. The van der Waals surface area contributed by atoms with Crippen molar-refractivity contribution in [2.45, 2.75) is 51.3 Å². The van der Waals surface area contributed by atoms with Gasteiger partial charge >= 0.3 is 0 Å². The van der Waals surface area contributed by atoms with Crippen molar-refractivity contribution >= 4 is 5.91 Å². The summed E-state index contributed by atoms with van der Waals surface area (Å²) in [4.78, 5) is 11.9. The molecule has 0 aromatic heterocycles. The quantitative estimate of drug-likeness (QED) is 0.801. The predicted molar refractivity (Wildman–Crippen MR) is 79.0 cm³/mol. The van der Waals surface area contributed by atoms with Crippen LogP contribution in [0.3, 0.4) is 0 Å². The number of nitrogens with one attached hydrogen (secondary N) is 1. The summed E-state index contributed by atoms with van der Waals surface area (Å²) in [6.45, 7) is 3.79. The van der Waals surface area contributed by atoms with Gasteiger partial charge in [-0.3, -0.25) is 4.79 Å². The van der Waals surface area contributed by atoms with Crippen molar-refractivity contribution in [3.05, 3.63) is 35.4 Å². The normalized spacial score (nSPS) is 16.5. The van der Waals surface area contributed by atoms with Gasteiger partial charge in [0.25, 0.3) is 0 Å². The molecular formula is C16H24N2O2. The second kappa shape index (κ2) is 6.86. The first kappa shape index (κ1) is 15.0. The van der Waals surface area contributed by atoms with Crippen LogP contribution in [0.1, 0.15) is 43.7 Å². The highest BCUT2D eigenvalue weighted by Crippen LogP contribution is 2.31. The van der Waals surface area contributed by atoms with Crippen LogP contribution < -0.4 is 11.1 Å². The Morgan fingerprint density at radius 2 is 2.05 bits per heavy atom. The first-order valence-electron chi connectivity index (χ1n) is 7.33. The summed E-state index contributed by atoms with van der Waals surface area (Å²) in [7, 11) is 0. The molecule has 20 heavy (non-hydrogen) atoms. The summed E-state index contributed by atoms with van der Waals surface area (Å²) in [5.41, 5.74) is 8.06. The summed E-state index contributed by atoms with van der Waals surface area (Å²) in [5, 5.41) is 2.97. The van der Waals surface area contributed by atoms with Crippen LogP contribution in [0.15, 0.2) is 24.3 Å². The van der Waals surface area contributed by atoms with E-state index in [-0.39, 0.29) is 11.4 Å². The zero-order valence-electron chi connectivity index (χ0n) is 12.2. The van der Waals surface area contributed by atoms with Crippen molar-refractivity contribution in [3.63, 3.8) is 0 Å². The molecule has 0 radical (unpaired) electrons. The van der Waals surface area contributed by atoms with E-state index in [1.165, 1.54) is 0 Å². The monoisotopic (exact) mass is 276 g/mol. The smallest absolute Gasteiger partial charge is 0.222 e. The minimum Gasteiger partial charge on any atom is -0.377 e. The van der Waals surface area contributed by atoms with Gasteiger partial charge in [-0.15, -0.1) is 0 Å². The van der Waals surface area contributed by atoms with Gasteiger partial charge in [0.2, 0.25) is 5.91 Å². The maximum absolute atomic E-state index is 11.9. The summed E-state index contributed by atoms with van der Waals surface area (Å²) in [5.74, 6) is 0.0402. The lowest BCUT2D eigenvalue weighted by Gasteiger charge is -2.37. The van der Waals surface area contributed by atoms with Gasteiger partial charge in [-0.25, -0.2) is 0 Å². The largest absolute Gasteiger partial charge is 0.377 e. The minimum absolute atomic E-state index is 0.0402. The molecule has 110 valence electrons. The average Bonchev–Trinajstić information content (AvgIpc) is 2.42.